The van der Waals surface area contributed by atoms with E-state index in [2.05, 4.69) is 50.0 Å². The van der Waals surface area contributed by atoms with E-state index in [1.165, 1.54) is 24.8 Å². The minimum atomic E-state index is 0.315. The third-order valence-electron chi connectivity index (χ3n) is 3.60. The molecule has 0 aromatic carbocycles. The van der Waals surface area contributed by atoms with Crippen molar-refractivity contribution in [2.45, 2.75) is 46.1 Å². The van der Waals surface area contributed by atoms with Gasteiger partial charge >= 0.3 is 0 Å². The largest absolute Gasteiger partial charge is 0.309 e. The van der Waals surface area contributed by atoms with Crippen LogP contribution in [-0.4, -0.2) is 12.6 Å². The highest BCUT2D eigenvalue weighted by Gasteiger charge is 2.23. The molecule has 16 heavy (non-hydrogen) atoms. The number of hydrogen-bond donors (Lipinski definition) is 1. The molecule has 0 aromatic heterocycles. The van der Waals surface area contributed by atoms with Gasteiger partial charge in [0.2, 0.25) is 0 Å². The Morgan fingerprint density at radius 2 is 2.12 bits per heavy atom. The molecule has 2 rings (SSSR count). The number of piperidine rings is 1. The molecule has 1 heteroatoms. The van der Waals surface area contributed by atoms with Crippen molar-refractivity contribution >= 4 is 0 Å². The standard InChI is InChI=1S/C15H23N/c1-15(2,3)13-9-7-12(8-10-13)14-6-4-5-11-16-14/h7,9-10,13-14,16H,4-6,11H2,1-3H3. The van der Waals surface area contributed by atoms with Crippen LogP contribution in [0.2, 0.25) is 0 Å². The summed E-state index contributed by atoms with van der Waals surface area (Å²) in [5.41, 5.74) is 5.15. The van der Waals surface area contributed by atoms with E-state index in [9.17, 15) is 0 Å². The number of nitrogens with one attached hydrogen (secondary N) is 1. The lowest BCUT2D eigenvalue weighted by Crippen LogP contribution is -2.35. The molecule has 0 bridgehead atoms. The fourth-order valence-electron chi connectivity index (χ4n) is 2.37. The molecular formula is C15H23N. The Bertz CT molecular complexity index is 331. The Morgan fingerprint density at radius 3 is 2.62 bits per heavy atom. The topological polar surface area (TPSA) is 12.0 Å². The van der Waals surface area contributed by atoms with Crippen LogP contribution in [0, 0.1) is 11.3 Å². The van der Waals surface area contributed by atoms with Gasteiger partial charge < -0.3 is 5.32 Å². The highest BCUT2D eigenvalue weighted by molar-refractivity contribution is 5.30. The summed E-state index contributed by atoms with van der Waals surface area (Å²) < 4.78 is 0. The maximum Gasteiger partial charge on any atom is 0.0393 e. The van der Waals surface area contributed by atoms with Crippen molar-refractivity contribution in [3.63, 3.8) is 0 Å². The first kappa shape index (κ1) is 11.7. The van der Waals surface area contributed by atoms with E-state index in [1.54, 1.807) is 0 Å². The third kappa shape index (κ3) is 2.66. The fraction of sp³-hybridized carbons (Fsp3) is 0.667. The second kappa shape index (κ2) is 4.61. The highest BCUT2D eigenvalue weighted by atomic mass is 14.9. The first-order chi connectivity index (χ1) is 7.57. The molecule has 0 amide bonds. The molecule has 1 aliphatic carbocycles. The van der Waals surface area contributed by atoms with Crippen molar-refractivity contribution in [3.05, 3.63) is 29.5 Å². The normalized spacial score (nSPS) is 30.3. The van der Waals surface area contributed by atoms with Crippen LogP contribution in [0.15, 0.2) is 29.5 Å². The molecule has 0 spiro atoms. The van der Waals surface area contributed by atoms with E-state index >= 15 is 0 Å². The SMILES string of the molecule is CC(C)(C)C1C=C=C(C2CCCCN2)C=C1. The summed E-state index contributed by atoms with van der Waals surface area (Å²) in [4.78, 5) is 0. The second-order valence-corrected chi connectivity index (χ2v) is 6.02. The summed E-state index contributed by atoms with van der Waals surface area (Å²) >= 11 is 0. The predicted molar refractivity (Wildman–Crippen MR) is 69.3 cm³/mol. The lowest BCUT2D eigenvalue weighted by atomic mass is 9.78. The lowest BCUT2D eigenvalue weighted by Gasteiger charge is -2.28. The molecule has 1 saturated heterocycles. The van der Waals surface area contributed by atoms with Gasteiger partial charge in [0.25, 0.3) is 0 Å². The van der Waals surface area contributed by atoms with E-state index in [4.69, 9.17) is 0 Å². The van der Waals surface area contributed by atoms with Gasteiger partial charge in [0, 0.05) is 17.5 Å². The zero-order chi connectivity index (χ0) is 11.6. The Hall–Kier alpha value is -0.780. The van der Waals surface area contributed by atoms with Gasteiger partial charge in [-0.2, -0.15) is 0 Å². The van der Waals surface area contributed by atoms with Crippen LogP contribution in [0.25, 0.3) is 0 Å². The van der Waals surface area contributed by atoms with E-state index in [0.29, 0.717) is 17.4 Å². The smallest absolute Gasteiger partial charge is 0.0393 e. The van der Waals surface area contributed by atoms with E-state index in [1.807, 2.05) is 0 Å². The average Bonchev–Trinajstić information content (AvgIpc) is 2.29. The highest BCUT2D eigenvalue weighted by Crippen LogP contribution is 2.31. The predicted octanol–water partition coefficient (Wildman–Crippen LogP) is 3.44. The van der Waals surface area contributed by atoms with Crippen LogP contribution in [-0.2, 0) is 0 Å². The Kier molecular flexibility index (Phi) is 3.37. The van der Waals surface area contributed by atoms with Crippen molar-refractivity contribution in [2.24, 2.45) is 11.3 Å². The number of hydrogen-bond acceptors (Lipinski definition) is 1. The first-order valence-corrected chi connectivity index (χ1v) is 6.46. The minimum Gasteiger partial charge on any atom is -0.309 e. The van der Waals surface area contributed by atoms with Crippen LogP contribution >= 0.6 is 0 Å². The summed E-state index contributed by atoms with van der Waals surface area (Å²) in [5, 5.41) is 3.57. The molecule has 2 atom stereocenters. The summed E-state index contributed by atoms with van der Waals surface area (Å²) in [6.07, 6.45) is 10.8. The maximum absolute atomic E-state index is 3.57. The molecule has 0 aromatic rings. The summed E-state index contributed by atoms with van der Waals surface area (Å²) in [6.45, 7) is 8.00. The van der Waals surface area contributed by atoms with Crippen molar-refractivity contribution in [1.29, 1.82) is 0 Å². The van der Waals surface area contributed by atoms with Crippen molar-refractivity contribution in [2.75, 3.05) is 6.54 Å². The molecule has 1 aliphatic heterocycles. The van der Waals surface area contributed by atoms with Gasteiger partial charge in [0.05, 0.1) is 0 Å². The molecule has 1 N–H and O–H groups in total. The molecule has 1 nitrogen and oxygen atoms in total. The van der Waals surface area contributed by atoms with Gasteiger partial charge in [0.15, 0.2) is 0 Å². The zero-order valence-corrected chi connectivity index (χ0v) is 10.7. The first-order valence-electron chi connectivity index (χ1n) is 6.46. The molecular weight excluding hydrogens is 194 g/mol. The van der Waals surface area contributed by atoms with Crippen molar-refractivity contribution < 1.29 is 0 Å². The molecule has 1 heterocycles. The summed E-state index contributed by atoms with van der Waals surface area (Å²) in [5.74, 6) is 0.528. The second-order valence-electron chi connectivity index (χ2n) is 6.02. The Morgan fingerprint density at radius 1 is 1.31 bits per heavy atom. The van der Waals surface area contributed by atoms with E-state index in [-0.39, 0.29) is 0 Å². The monoisotopic (exact) mass is 217 g/mol. The number of allylic oxidation sites excluding steroid dienone is 1. The molecule has 2 aliphatic rings. The van der Waals surface area contributed by atoms with Gasteiger partial charge in [-0.25, -0.2) is 0 Å². The van der Waals surface area contributed by atoms with Gasteiger partial charge in [-0.3, -0.25) is 0 Å². The fourth-order valence-corrected chi connectivity index (χ4v) is 2.37. The van der Waals surface area contributed by atoms with Crippen LogP contribution in [0.5, 0.6) is 0 Å². The summed E-state index contributed by atoms with van der Waals surface area (Å²) in [6, 6.07) is 0.544. The minimum absolute atomic E-state index is 0.315. The maximum atomic E-state index is 3.57. The van der Waals surface area contributed by atoms with Crippen molar-refractivity contribution in [1.82, 2.24) is 5.32 Å². The molecule has 0 radical (unpaired) electrons. The van der Waals surface area contributed by atoms with Crippen LogP contribution in [0.1, 0.15) is 40.0 Å². The van der Waals surface area contributed by atoms with Crippen LogP contribution < -0.4 is 5.32 Å². The van der Waals surface area contributed by atoms with Crippen LogP contribution in [0.3, 0.4) is 0 Å². The van der Waals surface area contributed by atoms with Crippen LogP contribution in [0.4, 0.5) is 0 Å². The average molecular weight is 217 g/mol. The van der Waals surface area contributed by atoms with Crippen molar-refractivity contribution in [3.8, 4) is 0 Å². The Balaban J connectivity index is 2.09. The quantitative estimate of drug-likeness (QED) is 0.663. The third-order valence-corrected chi connectivity index (χ3v) is 3.60. The molecule has 88 valence electrons. The molecule has 0 saturated carbocycles. The van der Waals surface area contributed by atoms with Gasteiger partial charge in [-0.05, 0) is 30.9 Å². The van der Waals surface area contributed by atoms with E-state index in [0.717, 1.165) is 6.54 Å². The molecule has 1 fully saturated rings. The lowest BCUT2D eigenvalue weighted by molar-refractivity contribution is 0.342. The summed E-state index contributed by atoms with van der Waals surface area (Å²) in [7, 11) is 0. The zero-order valence-electron chi connectivity index (χ0n) is 10.7. The van der Waals surface area contributed by atoms with Gasteiger partial charge in [0.1, 0.15) is 0 Å². The number of rotatable bonds is 1. The molecule has 2 unspecified atom stereocenters. The van der Waals surface area contributed by atoms with Gasteiger partial charge in [-0.15, -0.1) is 5.73 Å². The Labute approximate surface area is 99.3 Å². The van der Waals surface area contributed by atoms with E-state index < -0.39 is 0 Å². The van der Waals surface area contributed by atoms with Gasteiger partial charge in [-0.1, -0.05) is 39.3 Å².